The van der Waals surface area contributed by atoms with E-state index in [2.05, 4.69) is 0 Å². The highest BCUT2D eigenvalue weighted by Crippen LogP contribution is 2.17. The highest BCUT2D eigenvalue weighted by molar-refractivity contribution is 5.78. The SMILES string of the molecule is CCOC1(C(=O)O)COCOC1. The molecule has 0 bridgehead atoms. The molecule has 5 heteroatoms. The average molecular weight is 176 g/mol. The number of aliphatic carboxylic acids is 1. The molecule has 1 aliphatic heterocycles. The molecule has 0 amide bonds. The summed E-state index contributed by atoms with van der Waals surface area (Å²) in [5.41, 5.74) is -1.30. The molecule has 0 aromatic rings. The van der Waals surface area contributed by atoms with Crippen molar-refractivity contribution < 1.29 is 24.1 Å². The third-order valence-corrected chi connectivity index (χ3v) is 1.65. The van der Waals surface area contributed by atoms with E-state index < -0.39 is 11.6 Å². The molecular formula is C7H12O5. The molecule has 1 heterocycles. The topological polar surface area (TPSA) is 65.0 Å². The molecule has 0 radical (unpaired) electrons. The minimum Gasteiger partial charge on any atom is -0.479 e. The van der Waals surface area contributed by atoms with E-state index in [1.165, 1.54) is 0 Å². The molecule has 1 N–H and O–H groups in total. The Labute approximate surface area is 70.2 Å². The van der Waals surface area contributed by atoms with Gasteiger partial charge >= 0.3 is 5.97 Å². The number of hydrogen-bond donors (Lipinski definition) is 1. The molecule has 0 aromatic carbocycles. The lowest BCUT2D eigenvalue weighted by molar-refractivity contribution is -0.227. The van der Waals surface area contributed by atoms with Crippen LogP contribution in [0.25, 0.3) is 0 Å². The highest BCUT2D eigenvalue weighted by atomic mass is 16.7. The van der Waals surface area contributed by atoms with Gasteiger partial charge in [0.1, 0.15) is 6.79 Å². The molecule has 0 spiro atoms. The molecular weight excluding hydrogens is 164 g/mol. The summed E-state index contributed by atoms with van der Waals surface area (Å²) in [5.74, 6) is -1.04. The van der Waals surface area contributed by atoms with Gasteiger partial charge in [0.2, 0.25) is 5.60 Å². The molecule has 1 rings (SSSR count). The fourth-order valence-corrected chi connectivity index (χ4v) is 1.06. The van der Waals surface area contributed by atoms with Crippen LogP contribution in [0.5, 0.6) is 0 Å². The van der Waals surface area contributed by atoms with Crippen LogP contribution in [0.15, 0.2) is 0 Å². The number of carboxylic acid groups (broad SMARTS) is 1. The Hall–Kier alpha value is -0.650. The number of rotatable bonds is 3. The summed E-state index contributed by atoms with van der Waals surface area (Å²) >= 11 is 0. The third kappa shape index (κ3) is 1.74. The first kappa shape index (κ1) is 9.44. The van der Waals surface area contributed by atoms with Gasteiger partial charge in [-0.2, -0.15) is 0 Å². The van der Waals surface area contributed by atoms with E-state index in [9.17, 15) is 4.79 Å². The van der Waals surface area contributed by atoms with Crippen molar-refractivity contribution in [3.63, 3.8) is 0 Å². The highest BCUT2D eigenvalue weighted by Gasteiger charge is 2.42. The minimum atomic E-state index is -1.30. The van der Waals surface area contributed by atoms with Gasteiger partial charge in [-0.15, -0.1) is 0 Å². The Bertz CT molecular complexity index is 156. The van der Waals surface area contributed by atoms with Gasteiger partial charge < -0.3 is 19.3 Å². The second kappa shape index (κ2) is 3.84. The van der Waals surface area contributed by atoms with Gasteiger partial charge in [-0.3, -0.25) is 0 Å². The second-order valence-corrected chi connectivity index (χ2v) is 2.55. The van der Waals surface area contributed by atoms with Crippen molar-refractivity contribution in [3.05, 3.63) is 0 Å². The van der Waals surface area contributed by atoms with E-state index in [-0.39, 0.29) is 20.0 Å². The number of carboxylic acids is 1. The van der Waals surface area contributed by atoms with Crippen LogP contribution < -0.4 is 0 Å². The summed E-state index contributed by atoms with van der Waals surface area (Å²) < 4.78 is 14.8. The van der Waals surface area contributed by atoms with Crippen molar-refractivity contribution in [3.8, 4) is 0 Å². The summed E-state index contributed by atoms with van der Waals surface area (Å²) in [5, 5.41) is 8.83. The number of ether oxygens (including phenoxy) is 3. The quantitative estimate of drug-likeness (QED) is 0.647. The van der Waals surface area contributed by atoms with Crippen LogP contribution in [0.4, 0.5) is 0 Å². The molecule has 70 valence electrons. The maximum atomic E-state index is 10.8. The van der Waals surface area contributed by atoms with Gasteiger partial charge in [0, 0.05) is 6.61 Å². The molecule has 12 heavy (non-hydrogen) atoms. The standard InChI is InChI=1S/C7H12O5/c1-2-12-7(6(8)9)3-10-5-11-4-7/h2-5H2,1H3,(H,8,9). The van der Waals surface area contributed by atoms with Crippen molar-refractivity contribution in [2.45, 2.75) is 12.5 Å². The Balaban J connectivity index is 2.63. The first-order chi connectivity index (χ1) is 5.71. The summed E-state index contributed by atoms with van der Waals surface area (Å²) in [4.78, 5) is 10.8. The smallest absolute Gasteiger partial charge is 0.340 e. The zero-order valence-corrected chi connectivity index (χ0v) is 6.91. The van der Waals surface area contributed by atoms with Gasteiger partial charge in [-0.25, -0.2) is 4.79 Å². The molecule has 0 saturated carbocycles. The lowest BCUT2D eigenvalue weighted by Gasteiger charge is -2.32. The van der Waals surface area contributed by atoms with Crippen LogP contribution in [0.2, 0.25) is 0 Å². The zero-order valence-electron chi connectivity index (χ0n) is 6.91. The van der Waals surface area contributed by atoms with Crippen LogP contribution in [-0.4, -0.2) is 43.3 Å². The lowest BCUT2D eigenvalue weighted by Crippen LogP contribution is -2.53. The fraction of sp³-hybridized carbons (Fsp3) is 0.857. The maximum Gasteiger partial charge on any atom is 0.340 e. The summed E-state index contributed by atoms with van der Waals surface area (Å²) in [6, 6.07) is 0. The zero-order chi connectivity index (χ0) is 9.03. The molecule has 0 atom stereocenters. The lowest BCUT2D eigenvalue weighted by atomic mass is 10.1. The molecule has 0 aliphatic carbocycles. The van der Waals surface area contributed by atoms with Crippen LogP contribution in [0.1, 0.15) is 6.92 Å². The van der Waals surface area contributed by atoms with E-state index in [4.69, 9.17) is 19.3 Å². The summed E-state index contributed by atoms with van der Waals surface area (Å²) in [6.07, 6.45) is 0. The van der Waals surface area contributed by atoms with Crippen molar-refractivity contribution >= 4 is 5.97 Å². The van der Waals surface area contributed by atoms with Crippen molar-refractivity contribution in [2.24, 2.45) is 0 Å². The summed E-state index contributed by atoms with van der Waals surface area (Å²) in [7, 11) is 0. The monoisotopic (exact) mass is 176 g/mol. The molecule has 0 unspecified atom stereocenters. The minimum absolute atomic E-state index is 0.0518. The largest absolute Gasteiger partial charge is 0.479 e. The van der Waals surface area contributed by atoms with E-state index in [1.54, 1.807) is 6.92 Å². The number of carbonyl (C=O) groups is 1. The first-order valence-electron chi connectivity index (χ1n) is 3.74. The Morgan fingerprint density at radius 3 is 2.58 bits per heavy atom. The van der Waals surface area contributed by atoms with E-state index in [0.717, 1.165) is 0 Å². The molecule has 0 aromatic heterocycles. The van der Waals surface area contributed by atoms with Crippen molar-refractivity contribution in [2.75, 3.05) is 26.6 Å². The first-order valence-corrected chi connectivity index (χ1v) is 3.74. The van der Waals surface area contributed by atoms with Crippen LogP contribution in [0, 0.1) is 0 Å². The third-order valence-electron chi connectivity index (χ3n) is 1.65. The molecule has 5 nitrogen and oxygen atoms in total. The van der Waals surface area contributed by atoms with Gasteiger partial charge in [-0.05, 0) is 6.92 Å². The Morgan fingerprint density at radius 2 is 2.17 bits per heavy atom. The number of hydrogen-bond acceptors (Lipinski definition) is 4. The molecule has 1 fully saturated rings. The molecule has 1 saturated heterocycles. The predicted molar refractivity (Wildman–Crippen MR) is 38.8 cm³/mol. The summed E-state index contributed by atoms with van der Waals surface area (Å²) in [6.45, 7) is 2.31. The van der Waals surface area contributed by atoms with E-state index in [1.807, 2.05) is 0 Å². The van der Waals surface area contributed by atoms with Gasteiger partial charge in [0.25, 0.3) is 0 Å². The van der Waals surface area contributed by atoms with Crippen LogP contribution in [-0.2, 0) is 19.0 Å². The van der Waals surface area contributed by atoms with Gasteiger partial charge in [-0.1, -0.05) is 0 Å². The maximum absolute atomic E-state index is 10.8. The van der Waals surface area contributed by atoms with Crippen molar-refractivity contribution in [1.29, 1.82) is 0 Å². The second-order valence-electron chi connectivity index (χ2n) is 2.55. The predicted octanol–water partition coefficient (Wildman–Crippen LogP) is -0.149. The molecule has 1 aliphatic rings. The Morgan fingerprint density at radius 1 is 1.58 bits per heavy atom. The van der Waals surface area contributed by atoms with Gasteiger partial charge in [0.05, 0.1) is 13.2 Å². The van der Waals surface area contributed by atoms with E-state index in [0.29, 0.717) is 6.61 Å². The van der Waals surface area contributed by atoms with Crippen LogP contribution >= 0.6 is 0 Å². The van der Waals surface area contributed by atoms with Crippen molar-refractivity contribution in [1.82, 2.24) is 0 Å². The average Bonchev–Trinajstić information content (AvgIpc) is 2.06. The Kier molecular flexibility index (Phi) is 3.02. The van der Waals surface area contributed by atoms with Crippen LogP contribution in [0.3, 0.4) is 0 Å². The normalized spacial score (nSPS) is 22.1. The van der Waals surface area contributed by atoms with E-state index >= 15 is 0 Å². The van der Waals surface area contributed by atoms with Gasteiger partial charge in [0.15, 0.2) is 0 Å². The fourth-order valence-electron chi connectivity index (χ4n) is 1.06.